The molecule has 0 fully saturated rings. The molecule has 1 heterocycles. The Morgan fingerprint density at radius 1 is 0.864 bits per heavy atom. The lowest BCUT2D eigenvalue weighted by molar-refractivity contribution is -0.137. The fourth-order valence-corrected chi connectivity index (χ4v) is 2.22. The van der Waals surface area contributed by atoms with Gasteiger partial charge in [0.05, 0.1) is 18.3 Å². The van der Waals surface area contributed by atoms with Gasteiger partial charge in [-0.1, -0.05) is 42.5 Å². The monoisotopic (exact) mass is 302 g/mol. The highest BCUT2D eigenvalue weighted by Crippen LogP contribution is 2.30. The van der Waals surface area contributed by atoms with E-state index in [2.05, 4.69) is 5.10 Å². The van der Waals surface area contributed by atoms with E-state index in [9.17, 15) is 13.2 Å². The molecular weight excluding hydrogens is 289 g/mol. The predicted molar refractivity (Wildman–Crippen MR) is 78.2 cm³/mol. The molecule has 0 amide bonds. The number of nitrogens with zero attached hydrogens (tertiary/aromatic N) is 2. The van der Waals surface area contributed by atoms with Crippen LogP contribution >= 0.6 is 0 Å². The highest BCUT2D eigenvalue weighted by Gasteiger charge is 2.29. The van der Waals surface area contributed by atoms with E-state index >= 15 is 0 Å². The fourth-order valence-electron chi connectivity index (χ4n) is 2.22. The summed E-state index contributed by atoms with van der Waals surface area (Å²) in [5, 5.41) is 4.25. The molecule has 0 N–H and O–H groups in total. The molecule has 3 rings (SSSR count). The molecule has 0 radical (unpaired) electrons. The molecule has 0 aliphatic heterocycles. The average Bonchev–Trinajstić information content (AvgIpc) is 2.96. The SMILES string of the molecule is FC(F)(F)c1ccc(-c2cnn(Cc3ccccc3)c2)cc1. The van der Waals surface area contributed by atoms with Crippen molar-refractivity contribution in [2.75, 3.05) is 0 Å². The molecule has 0 bridgehead atoms. The minimum absolute atomic E-state index is 0.626. The first-order valence-electron chi connectivity index (χ1n) is 6.76. The van der Waals surface area contributed by atoms with Gasteiger partial charge >= 0.3 is 6.18 Å². The maximum absolute atomic E-state index is 12.6. The Kier molecular flexibility index (Phi) is 3.71. The molecule has 0 spiro atoms. The van der Waals surface area contributed by atoms with E-state index in [1.165, 1.54) is 12.1 Å². The normalized spacial score (nSPS) is 11.6. The molecule has 3 aromatic rings. The summed E-state index contributed by atoms with van der Waals surface area (Å²) in [5.41, 5.74) is 1.98. The van der Waals surface area contributed by atoms with Gasteiger partial charge in [0.1, 0.15) is 0 Å². The third-order valence-corrected chi connectivity index (χ3v) is 3.37. The Bertz CT molecular complexity index is 744. The van der Waals surface area contributed by atoms with Crippen molar-refractivity contribution in [1.82, 2.24) is 9.78 Å². The quantitative estimate of drug-likeness (QED) is 0.690. The van der Waals surface area contributed by atoms with Crippen LogP contribution in [0, 0.1) is 0 Å². The molecule has 0 saturated heterocycles. The summed E-state index contributed by atoms with van der Waals surface area (Å²) < 4.78 is 39.4. The average molecular weight is 302 g/mol. The van der Waals surface area contributed by atoms with Crippen LogP contribution < -0.4 is 0 Å². The van der Waals surface area contributed by atoms with Gasteiger partial charge in [0.25, 0.3) is 0 Å². The number of rotatable bonds is 3. The number of alkyl halides is 3. The van der Waals surface area contributed by atoms with Gasteiger partial charge in [-0.15, -0.1) is 0 Å². The van der Waals surface area contributed by atoms with Gasteiger partial charge < -0.3 is 0 Å². The van der Waals surface area contributed by atoms with Crippen molar-refractivity contribution in [3.05, 3.63) is 78.1 Å². The predicted octanol–water partition coefficient (Wildman–Crippen LogP) is 4.62. The zero-order valence-corrected chi connectivity index (χ0v) is 11.6. The van der Waals surface area contributed by atoms with Crippen molar-refractivity contribution >= 4 is 0 Å². The van der Waals surface area contributed by atoms with Crippen molar-refractivity contribution in [2.24, 2.45) is 0 Å². The van der Waals surface area contributed by atoms with Crippen LogP contribution in [0.3, 0.4) is 0 Å². The molecule has 0 unspecified atom stereocenters. The third kappa shape index (κ3) is 3.19. The lowest BCUT2D eigenvalue weighted by Gasteiger charge is -2.06. The Balaban J connectivity index is 1.79. The molecule has 112 valence electrons. The zero-order valence-electron chi connectivity index (χ0n) is 11.6. The molecule has 5 heteroatoms. The second kappa shape index (κ2) is 5.67. The maximum Gasteiger partial charge on any atom is 0.416 e. The van der Waals surface area contributed by atoms with E-state index in [0.717, 1.165) is 23.3 Å². The first-order valence-corrected chi connectivity index (χ1v) is 6.76. The van der Waals surface area contributed by atoms with Crippen LogP contribution in [-0.2, 0) is 12.7 Å². The van der Waals surface area contributed by atoms with Crippen molar-refractivity contribution in [3.63, 3.8) is 0 Å². The summed E-state index contributed by atoms with van der Waals surface area (Å²) in [6, 6.07) is 15.0. The summed E-state index contributed by atoms with van der Waals surface area (Å²) in [7, 11) is 0. The highest BCUT2D eigenvalue weighted by atomic mass is 19.4. The van der Waals surface area contributed by atoms with Gasteiger partial charge in [-0.05, 0) is 23.3 Å². The molecule has 2 nitrogen and oxygen atoms in total. The lowest BCUT2D eigenvalue weighted by Crippen LogP contribution is -2.03. The number of aromatic nitrogens is 2. The first kappa shape index (κ1) is 14.4. The van der Waals surface area contributed by atoms with Gasteiger partial charge in [0.2, 0.25) is 0 Å². The van der Waals surface area contributed by atoms with Crippen molar-refractivity contribution < 1.29 is 13.2 Å². The molecule has 0 aliphatic carbocycles. The summed E-state index contributed by atoms with van der Waals surface area (Å²) in [6.07, 6.45) is -0.822. The second-order valence-electron chi connectivity index (χ2n) is 4.99. The van der Waals surface area contributed by atoms with Crippen LogP contribution in [0.1, 0.15) is 11.1 Å². The van der Waals surface area contributed by atoms with E-state index < -0.39 is 11.7 Å². The Labute approximate surface area is 125 Å². The van der Waals surface area contributed by atoms with Crippen LogP contribution in [0.15, 0.2) is 67.0 Å². The van der Waals surface area contributed by atoms with Crippen molar-refractivity contribution in [2.45, 2.75) is 12.7 Å². The van der Waals surface area contributed by atoms with Gasteiger partial charge in [-0.25, -0.2) is 0 Å². The van der Waals surface area contributed by atoms with E-state index in [4.69, 9.17) is 0 Å². The number of hydrogen-bond acceptors (Lipinski definition) is 1. The number of benzene rings is 2. The van der Waals surface area contributed by atoms with Crippen molar-refractivity contribution in [3.8, 4) is 11.1 Å². The van der Waals surface area contributed by atoms with Gasteiger partial charge in [-0.3, -0.25) is 4.68 Å². The lowest BCUT2D eigenvalue weighted by atomic mass is 10.1. The molecule has 22 heavy (non-hydrogen) atoms. The molecule has 0 aliphatic rings. The Hall–Kier alpha value is -2.56. The molecule has 1 aromatic heterocycles. The topological polar surface area (TPSA) is 17.8 Å². The maximum atomic E-state index is 12.6. The van der Waals surface area contributed by atoms with Crippen LogP contribution in [-0.4, -0.2) is 9.78 Å². The largest absolute Gasteiger partial charge is 0.416 e. The summed E-state index contributed by atoms with van der Waals surface area (Å²) >= 11 is 0. The first-order chi connectivity index (χ1) is 10.5. The summed E-state index contributed by atoms with van der Waals surface area (Å²) in [5.74, 6) is 0. The van der Waals surface area contributed by atoms with E-state index in [0.29, 0.717) is 12.1 Å². The molecule has 2 aromatic carbocycles. The van der Waals surface area contributed by atoms with E-state index in [-0.39, 0.29) is 0 Å². The highest BCUT2D eigenvalue weighted by molar-refractivity contribution is 5.62. The third-order valence-electron chi connectivity index (χ3n) is 3.37. The summed E-state index contributed by atoms with van der Waals surface area (Å²) in [4.78, 5) is 0. The van der Waals surface area contributed by atoms with Crippen LogP contribution in [0.25, 0.3) is 11.1 Å². The van der Waals surface area contributed by atoms with Crippen LogP contribution in [0.4, 0.5) is 13.2 Å². The standard InChI is InChI=1S/C17H13F3N2/c18-17(19,20)16-8-6-14(7-9-16)15-10-21-22(12-15)11-13-4-2-1-3-5-13/h1-10,12H,11H2. The molecule has 0 saturated carbocycles. The number of halogens is 3. The summed E-state index contributed by atoms with van der Waals surface area (Å²) in [6.45, 7) is 0.626. The van der Waals surface area contributed by atoms with Crippen LogP contribution in [0.2, 0.25) is 0 Å². The Morgan fingerprint density at radius 3 is 2.18 bits per heavy atom. The molecule has 0 atom stereocenters. The zero-order chi connectivity index (χ0) is 15.6. The van der Waals surface area contributed by atoms with Gasteiger partial charge in [0, 0.05) is 11.8 Å². The van der Waals surface area contributed by atoms with Gasteiger partial charge in [0.15, 0.2) is 0 Å². The minimum atomic E-state index is -4.31. The second-order valence-corrected chi connectivity index (χ2v) is 4.99. The van der Waals surface area contributed by atoms with E-state index in [1.54, 1.807) is 10.9 Å². The Morgan fingerprint density at radius 2 is 1.55 bits per heavy atom. The van der Waals surface area contributed by atoms with Crippen LogP contribution in [0.5, 0.6) is 0 Å². The number of hydrogen-bond donors (Lipinski definition) is 0. The van der Waals surface area contributed by atoms with Gasteiger partial charge in [-0.2, -0.15) is 18.3 Å². The smallest absolute Gasteiger partial charge is 0.268 e. The molecular formula is C17H13F3N2. The minimum Gasteiger partial charge on any atom is -0.268 e. The van der Waals surface area contributed by atoms with E-state index in [1.807, 2.05) is 36.5 Å². The van der Waals surface area contributed by atoms with Crippen molar-refractivity contribution in [1.29, 1.82) is 0 Å². The fraction of sp³-hybridized carbons (Fsp3) is 0.118.